The van der Waals surface area contributed by atoms with Crippen molar-refractivity contribution < 1.29 is 18.7 Å². The third-order valence-corrected chi connectivity index (χ3v) is 5.56. The Balaban J connectivity index is 1.26. The van der Waals surface area contributed by atoms with Crippen LogP contribution in [0.25, 0.3) is 0 Å². The summed E-state index contributed by atoms with van der Waals surface area (Å²) in [7, 11) is 1.75. The minimum atomic E-state index is -0.114. The maximum atomic E-state index is 12.4. The Hall–Kier alpha value is -2.76. The van der Waals surface area contributed by atoms with Crippen LogP contribution in [0.15, 0.2) is 40.8 Å². The number of ether oxygens (including phenoxy) is 1. The van der Waals surface area contributed by atoms with Crippen molar-refractivity contribution in [2.24, 2.45) is 5.92 Å². The molecule has 1 saturated heterocycles. The molecule has 4 rings (SSSR count). The molecule has 0 spiro atoms. The van der Waals surface area contributed by atoms with E-state index in [1.54, 1.807) is 29.0 Å². The van der Waals surface area contributed by atoms with Gasteiger partial charge in [0.15, 0.2) is 6.61 Å². The zero-order valence-electron chi connectivity index (χ0n) is 16.4. The summed E-state index contributed by atoms with van der Waals surface area (Å²) in [5, 5.41) is 0. The number of hydrogen-bond donors (Lipinski definition) is 0. The van der Waals surface area contributed by atoms with Crippen LogP contribution < -0.4 is 9.64 Å². The van der Waals surface area contributed by atoms with Crippen LogP contribution in [-0.2, 0) is 16.1 Å². The fourth-order valence-corrected chi connectivity index (χ4v) is 3.62. The number of carbonyl (C=O) groups excluding carboxylic acids is 2. The van der Waals surface area contributed by atoms with E-state index in [0.717, 1.165) is 30.2 Å². The lowest BCUT2D eigenvalue weighted by Gasteiger charge is -2.17. The Morgan fingerprint density at radius 1 is 1.25 bits per heavy atom. The number of rotatable bonds is 7. The molecule has 6 heteroatoms. The number of furan rings is 1. The molecule has 0 bridgehead atoms. The second-order valence-corrected chi connectivity index (χ2v) is 7.80. The first-order valence-electron chi connectivity index (χ1n) is 9.87. The highest BCUT2D eigenvalue weighted by Crippen LogP contribution is 2.47. The van der Waals surface area contributed by atoms with Crippen LogP contribution in [0.2, 0.25) is 0 Å². The van der Waals surface area contributed by atoms with Crippen molar-refractivity contribution >= 4 is 17.5 Å². The maximum Gasteiger partial charge on any atom is 0.260 e. The third kappa shape index (κ3) is 4.06. The molecule has 2 atom stereocenters. The van der Waals surface area contributed by atoms with Crippen molar-refractivity contribution in [3.63, 3.8) is 0 Å². The van der Waals surface area contributed by atoms with E-state index in [-0.39, 0.29) is 18.4 Å². The average Bonchev–Trinajstić information content (AvgIpc) is 3.06. The van der Waals surface area contributed by atoms with E-state index in [2.05, 4.69) is 6.92 Å². The van der Waals surface area contributed by atoms with E-state index in [1.807, 2.05) is 24.3 Å². The van der Waals surface area contributed by atoms with Gasteiger partial charge in [0, 0.05) is 31.6 Å². The molecule has 0 radical (unpaired) electrons. The molecule has 148 valence electrons. The Morgan fingerprint density at radius 2 is 2.00 bits per heavy atom. The molecule has 1 aromatic carbocycles. The molecule has 1 aliphatic carbocycles. The first-order valence-corrected chi connectivity index (χ1v) is 9.87. The van der Waals surface area contributed by atoms with Gasteiger partial charge < -0.3 is 19.0 Å². The minimum Gasteiger partial charge on any atom is -0.484 e. The topological polar surface area (TPSA) is 63.0 Å². The van der Waals surface area contributed by atoms with Gasteiger partial charge in [0.25, 0.3) is 5.91 Å². The van der Waals surface area contributed by atoms with Crippen LogP contribution >= 0.6 is 0 Å². The van der Waals surface area contributed by atoms with E-state index in [4.69, 9.17) is 9.15 Å². The second-order valence-electron chi connectivity index (χ2n) is 7.80. The van der Waals surface area contributed by atoms with Gasteiger partial charge in [-0.2, -0.15) is 0 Å². The number of benzene rings is 1. The summed E-state index contributed by atoms with van der Waals surface area (Å²) in [6, 6.07) is 11.3. The van der Waals surface area contributed by atoms with Crippen molar-refractivity contribution in [2.45, 2.75) is 38.6 Å². The molecule has 1 saturated carbocycles. The van der Waals surface area contributed by atoms with Crippen molar-refractivity contribution in [1.82, 2.24) is 4.90 Å². The molecule has 2 fully saturated rings. The average molecular weight is 382 g/mol. The molecule has 6 nitrogen and oxygen atoms in total. The number of amides is 2. The first kappa shape index (κ1) is 18.6. The van der Waals surface area contributed by atoms with E-state index in [9.17, 15) is 9.59 Å². The van der Waals surface area contributed by atoms with Crippen molar-refractivity contribution in [1.29, 1.82) is 0 Å². The fraction of sp³-hybridized carbons (Fsp3) is 0.455. The van der Waals surface area contributed by atoms with Crippen LogP contribution in [0.4, 0.5) is 5.69 Å². The van der Waals surface area contributed by atoms with Gasteiger partial charge in [-0.1, -0.05) is 6.92 Å². The largest absolute Gasteiger partial charge is 0.484 e. The molecule has 2 heterocycles. The summed E-state index contributed by atoms with van der Waals surface area (Å²) in [6.07, 6.45) is 2.69. The van der Waals surface area contributed by atoms with E-state index in [0.29, 0.717) is 30.6 Å². The monoisotopic (exact) mass is 382 g/mol. The summed E-state index contributed by atoms with van der Waals surface area (Å²) in [5.74, 6) is 3.71. The molecule has 28 heavy (non-hydrogen) atoms. The number of hydrogen-bond acceptors (Lipinski definition) is 4. The molecule has 1 aromatic heterocycles. The molecular weight excluding hydrogens is 356 g/mol. The predicted molar refractivity (Wildman–Crippen MR) is 105 cm³/mol. The van der Waals surface area contributed by atoms with Crippen LogP contribution in [-0.4, -0.2) is 36.9 Å². The van der Waals surface area contributed by atoms with Gasteiger partial charge in [-0.3, -0.25) is 9.59 Å². The van der Waals surface area contributed by atoms with Gasteiger partial charge in [0.1, 0.15) is 17.3 Å². The highest BCUT2D eigenvalue weighted by molar-refractivity contribution is 5.95. The van der Waals surface area contributed by atoms with Gasteiger partial charge in [0.2, 0.25) is 5.91 Å². The van der Waals surface area contributed by atoms with Gasteiger partial charge in [-0.15, -0.1) is 0 Å². The first-order chi connectivity index (χ1) is 13.5. The van der Waals surface area contributed by atoms with Crippen LogP contribution in [0, 0.1) is 5.92 Å². The van der Waals surface area contributed by atoms with Crippen LogP contribution in [0.5, 0.6) is 5.75 Å². The molecule has 0 unspecified atom stereocenters. The van der Waals surface area contributed by atoms with Crippen molar-refractivity contribution in [3.05, 3.63) is 47.9 Å². The number of carbonyl (C=O) groups is 2. The summed E-state index contributed by atoms with van der Waals surface area (Å²) >= 11 is 0. The minimum absolute atomic E-state index is 0.0360. The van der Waals surface area contributed by atoms with Gasteiger partial charge in [0.05, 0.1) is 6.54 Å². The lowest BCUT2D eigenvalue weighted by Crippen LogP contribution is -2.30. The Kier molecular flexibility index (Phi) is 5.11. The smallest absolute Gasteiger partial charge is 0.260 e. The highest BCUT2D eigenvalue weighted by atomic mass is 16.5. The molecule has 0 N–H and O–H groups in total. The fourth-order valence-electron chi connectivity index (χ4n) is 3.62. The summed E-state index contributed by atoms with van der Waals surface area (Å²) in [6.45, 7) is 3.37. The maximum absolute atomic E-state index is 12.4. The number of likely N-dealkylation sites (N-methyl/N-ethyl adjacent to an activating group) is 1. The van der Waals surface area contributed by atoms with Crippen LogP contribution in [0.1, 0.15) is 43.6 Å². The number of anilines is 1. The molecular formula is C22H26N2O4. The van der Waals surface area contributed by atoms with Crippen molar-refractivity contribution in [2.75, 3.05) is 25.1 Å². The van der Waals surface area contributed by atoms with Gasteiger partial charge >= 0.3 is 0 Å². The predicted octanol–water partition coefficient (Wildman–Crippen LogP) is 3.57. The molecule has 1 aliphatic heterocycles. The van der Waals surface area contributed by atoms with E-state index < -0.39 is 0 Å². The quantitative estimate of drug-likeness (QED) is 0.734. The van der Waals surface area contributed by atoms with Crippen molar-refractivity contribution in [3.8, 4) is 5.75 Å². The molecule has 2 amide bonds. The van der Waals surface area contributed by atoms with Crippen LogP contribution in [0.3, 0.4) is 0 Å². The number of nitrogens with zero attached hydrogens (tertiary/aromatic N) is 2. The summed E-state index contributed by atoms with van der Waals surface area (Å²) in [4.78, 5) is 27.5. The lowest BCUT2D eigenvalue weighted by atomic mass is 10.3. The Labute approximate surface area is 165 Å². The molecule has 2 aliphatic rings. The Morgan fingerprint density at radius 3 is 2.64 bits per heavy atom. The zero-order valence-corrected chi connectivity index (χ0v) is 16.4. The second kappa shape index (κ2) is 7.70. The summed E-state index contributed by atoms with van der Waals surface area (Å²) < 4.78 is 11.5. The molecule has 2 aromatic rings. The lowest BCUT2D eigenvalue weighted by molar-refractivity contribution is -0.132. The van der Waals surface area contributed by atoms with E-state index >= 15 is 0 Å². The highest BCUT2D eigenvalue weighted by Gasteiger charge is 2.36. The zero-order chi connectivity index (χ0) is 19.7. The van der Waals surface area contributed by atoms with Gasteiger partial charge in [-0.25, -0.2) is 0 Å². The Bertz CT molecular complexity index is 858. The van der Waals surface area contributed by atoms with E-state index in [1.165, 1.54) is 6.42 Å². The third-order valence-electron chi connectivity index (χ3n) is 5.56. The van der Waals surface area contributed by atoms with Gasteiger partial charge in [-0.05, 0) is 55.2 Å². The SMILES string of the molecule is C[C@H]1C[C@@H]1c1ccc(CN(C)C(=O)COc2ccc(N3CCCC3=O)cc2)o1. The normalized spacial score (nSPS) is 21.1. The standard InChI is InChI=1S/C22H26N2O4/c1-15-12-19(15)20-10-9-18(28-20)13-23(2)22(26)14-27-17-7-5-16(6-8-17)24-11-3-4-21(24)25/h5-10,15,19H,3-4,11-14H2,1-2H3/t15-,19-/m0/s1. The summed E-state index contributed by atoms with van der Waals surface area (Å²) in [5.41, 5.74) is 0.872.